The van der Waals surface area contributed by atoms with Crippen LogP contribution in [0.15, 0.2) is 36.1 Å². The minimum absolute atomic E-state index is 1.04. The quantitative estimate of drug-likeness (QED) is 0.634. The Morgan fingerprint density at radius 3 is 2.83 bits per heavy atom. The van der Waals surface area contributed by atoms with Crippen LogP contribution >= 0.6 is 0 Å². The van der Waals surface area contributed by atoms with Gasteiger partial charge in [-0.3, -0.25) is 0 Å². The maximum Gasteiger partial charge on any atom is 0.178 e. The second kappa shape index (κ2) is 2.75. The van der Waals surface area contributed by atoms with Crippen LogP contribution in [0.5, 0.6) is 0 Å². The molecule has 1 nitrogen and oxygen atoms in total. The van der Waals surface area contributed by atoms with Crippen molar-refractivity contribution in [3.05, 3.63) is 57.7 Å². The van der Waals surface area contributed by atoms with Crippen molar-refractivity contribution in [3.63, 3.8) is 0 Å². The molecule has 1 aliphatic heterocycles. The molecule has 2 aliphatic carbocycles. The zero-order valence-corrected chi connectivity index (χ0v) is 9.73. The molecule has 0 bridgehead atoms. The molecular weight excluding hydrogens is 220 g/mol. The first-order valence-corrected chi connectivity index (χ1v) is 6.28. The molecule has 5 rings (SSSR count). The maximum atomic E-state index is 5.40. The Morgan fingerprint density at radius 2 is 1.83 bits per heavy atom. The Balaban J connectivity index is 2.03. The summed E-state index contributed by atoms with van der Waals surface area (Å²) in [6.45, 7) is 0. The average Bonchev–Trinajstić information content (AvgIpc) is 3.10. The fourth-order valence-electron chi connectivity index (χ4n) is 3.07. The fraction of sp³-hybridized carbons (Fsp3) is 0.0588. The molecule has 1 saturated heterocycles. The monoisotopic (exact) mass is 230 g/mol. The van der Waals surface area contributed by atoms with Gasteiger partial charge in [-0.2, -0.15) is 0 Å². The Kier molecular flexibility index (Phi) is 1.34. The summed E-state index contributed by atoms with van der Waals surface area (Å²) < 4.78 is 5.40. The van der Waals surface area contributed by atoms with Crippen LogP contribution < -0.4 is 10.4 Å². The van der Waals surface area contributed by atoms with Gasteiger partial charge in [-0.15, -0.1) is 0 Å². The van der Waals surface area contributed by atoms with E-state index in [0.29, 0.717) is 0 Å². The zero-order valence-electron chi connectivity index (χ0n) is 9.73. The second-order valence-electron chi connectivity index (χ2n) is 4.97. The Labute approximate surface area is 104 Å². The predicted molar refractivity (Wildman–Crippen MR) is 73.8 cm³/mol. The van der Waals surface area contributed by atoms with E-state index in [4.69, 9.17) is 4.74 Å². The van der Waals surface area contributed by atoms with Crippen molar-refractivity contribution in [1.29, 1.82) is 0 Å². The lowest BCUT2D eigenvalue weighted by atomic mass is 9.95. The first-order valence-electron chi connectivity index (χ1n) is 6.28. The van der Waals surface area contributed by atoms with E-state index in [1.807, 2.05) is 0 Å². The molecule has 1 fully saturated rings. The number of allylic oxidation sites excluding steroid dienone is 1. The van der Waals surface area contributed by atoms with Gasteiger partial charge in [0.15, 0.2) is 11.5 Å². The highest BCUT2D eigenvalue weighted by molar-refractivity contribution is 6.01. The summed E-state index contributed by atoms with van der Waals surface area (Å²) in [5.74, 6) is 2.13. The number of fused-ring (bicyclic) bond motifs is 6. The molecule has 2 aromatic rings. The highest BCUT2D eigenvalue weighted by Gasteiger charge is 2.32. The number of benzene rings is 2. The molecule has 18 heavy (non-hydrogen) atoms. The molecule has 0 unspecified atom stereocenters. The van der Waals surface area contributed by atoms with Crippen molar-refractivity contribution < 1.29 is 4.74 Å². The normalized spacial score (nSPS) is 17.6. The van der Waals surface area contributed by atoms with Gasteiger partial charge in [0.2, 0.25) is 0 Å². The third-order valence-corrected chi connectivity index (χ3v) is 3.99. The summed E-state index contributed by atoms with van der Waals surface area (Å²) in [4.78, 5) is 0. The third-order valence-electron chi connectivity index (χ3n) is 3.99. The van der Waals surface area contributed by atoms with Gasteiger partial charge in [-0.1, -0.05) is 36.4 Å². The van der Waals surface area contributed by atoms with Crippen LogP contribution in [0.2, 0.25) is 0 Å². The highest BCUT2D eigenvalue weighted by Crippen LogP contribution is 2.40. The summed E-state index contributed by atoms with van der Waals surface area (Å²) in [7, 11) is 0. The van der Waals surface area contributed by atoms with Crippen LogP contribution in [-0.2, 0) is 4.74 Å². The van der Waals surface area contributed by atoms with Crippen LogP contribution in [0.3, 0.4) is 0 Å². The molecule has 0 aromatic heterocycles. The van der Waals surface area contributed by atoms with Crippen molar-refractivity contribution in [3.8, 4) is 0 Å². The molecule has 1 heteroatoms. The van der Waals surface area contributed by atoms with E-state index in [0.717, 1.165) is 17.9 Å². The van der Waals surface area contributed by atoms with Crippen LogP contribution in [0.1, 0.15) is 17.5 Å². The summed E-state index contributed by atoms with van der Waals surface area (Å²) in [5, 5.41) is 5.28. The Morgan fingerprint density at radius 1 is 0.944 bits per heavy atom. The van der Waals surface area contributed by atoms with E-state index in [2.05, 4.69) is 48.6 Å². The van der Waals surface area contributed by atoms with E-state index in [9.17, 15) is 0 Å². The lowest BCUT2D eigenvalue weighted by molar-refractivity contribution is 0.590. The predicted octanol–water partition coefficient (Wildman–Crippen LogP) is 2.53. The largest absolute Gasteiger partial charge is 0.449 e. The molecule has 84 valence electrons. The van der Waals surface area contributed by atoms with Crippen LogP contribution in [0.25, 0.3) is 34.8 Å². The van der Waals surface area contributed by atoms with Gasteiger partial charge in [0, 0.05) is 5.22 Å². The maximum absolute atomic E-state index is 5.40. The molecule has 0 radical (unpaired) electrons. The molecule has 0 amide bonds. The number of rotatable bonds is 0. The van der Waals surface area contributed by atoms with E-state index >= 15 is 0 Å². The molecule has 3 aliphatic rings. The van der Waals surface area contributed by atoms with Crippen molar-refractivity contribution in [1.82, 2.24) is 0 Å². The Bertz CT molecular complexity index is 906. The molecule has 0 saturated carbocycles. The number of hydrogen-bond donors (Lipinski definition) is 0. The van der Waals surface area contributed by atoms with Crippen molar-refractivity contribution >= 4 is 34.8 Å². The molecule has 2 aromatic carbocycles. The fourth-order valence-corrected chi connectivity index (χ4v) is 3.07. The van der Waals surface area contributed by atoms with E-state index in [1.165, 1.54) is 32.3 Å². The summed E-state index contributed by atoms with van der Waals surface area (Å²) in [5.41, 5.74) is 2.68. The van der Waals surface area contributed by atoms with Crippen molar-refractivity contribution in [2.75, 3.05) is 0 Å². The smallest absolute Gasteiger partial charge is 0.178 e. The zero-order chi connectivity index (χ0) is 11.7. The van der Waals surface area contributed by atoms with Gasteiger partial charge in [-0.05, 0) is 45.7 Å². The topological polar surface area (TPSA) is 12.5 Å². The van der Waals surface area contributed by atoms with Crippen LogP contribution in [-0.4, -0.2) is 0 Å². The minimum atomic E-state index is 1.04. The molecule has 0 N–H and O–H groups in total. The second-order valence-corrected chi connectivity index (χ2v) is 4.97. The van der Waals surface area contributed by atoms with Crippen molar-refractivity contribution in [2.45, 2.75) is 6.42 Å². The number of hydrogen-bond acceptors (Lipinski definition) is 1. The molecular formula is C17H10O. The van der Waals surface area contributed by atoms with Crippen LogP contribution in [0.4, 0.5) is 0 Å². The Hall–Kier alpha value is -2.28. The molecule has 0 atom stereocenters. The summed E-state index contributed by atoms with van der Waals surface area (Å²) in [6.07, 6.45) is 9.96. The minimum Gasteiger partial charge on any atom is -0.449 e. The van der Waals surface area contributed by atoms with Crippen molar-refractivity contribution in [2.24, 2.45) is 0 Å². The first kappa shape index (κ1) is 8.76. The van der Waals surface area contributed by atoms with Gasteiger partial charge in [0.05, 0.1) is 0 Å². The molecule has 0 spiro atoms. The standard InChI is InChI=1S/C17H10O/c1-2-4-11-10(3-1)5-6-13-12(11)7-8-14-15(13)9-16-17(14)18-16/h2-9H,1H2. The van der Waals surface area contributed by atoms with E-state index < -0.39 is 0 Å². The third kappa shape index (κ3) is 0.935. The highest BCUT2D eigenvalue weighted by atomic mass is 16.6. The van der Waals surface area contributed by atoms with Gasteiger partial charge in [0.1, 0.15) is 0 Å². The summed E-state index contributed by atoms with van der Waals surface area (Å²) in [6, 6.07) is 8.88. The van der Waals surface area contributed by atoms with E-state index in [1.54, 1.807) is 0 Å². The summed E-state index contributed by atoms with van der Waals surface area (Å²) >= 11 is 0. The van der Waals surface area contributed by atoms with Crippen LogP contribution in [0, 0.1) is 0 Å². The lowest BCUT2D eigenvalue weighted by Crippen LogP contribution is -2.11. The first-order chi connectivity index (χ1) is 8.92. The van der Waals surface area contributed by atoms with Gasteiger partial charge in [-0.25, -0.2) is 0 Å². The van der Waals surface area contributed by atoms with E-state index in [-0.39, 0.29) is 0 Å². The average molecular weight is 230 g/mol. The van der Waals surface area contributed by atoms with Gasteiger partial charge < -0.3 is 4.74 Å². The van der Waals surface area contributed by atoms with Gasteiger partial charge >= 0.3 is 0 Å². The molecule has 1 heterocycles. The number of ether oxygens (including phenoxy) is 1. The lowest BCUT2D eigenvalue weighted by Gasteiger charge is -2.09. The SMILES string of the molecule is C1=Cc2c(ccc3c4c(ccc23)=C2OC2=C4)=CC1. The number of epoxide rings is 1. The van der Waals surface area contributed by atoms with Gasteiger partial charge in [0.25, 0.3) is 0 Å².